The van der Waals surface area contributed by atoms with E-state index >= 15 is 0 Å². The Hall–Kier alpha value is -2.70. The Morgan fingerprint density at radius 2 is 2.22 bits per heavy atom. The van der Waals surface area contributed by atoms with Crippen LogP contribution in [0.4, 0.5) is 10.5 Å². The Kier molecular flexibility index (Phi) is 3.33. The van der Waals surface area contributed by atoms with E-state index in [2.05, 4.69) is 15.7 Å². The molecule has 0 unspecified atom stereocenters. The number of anilines is 1. The standard InChI is InChI=1S/C16H18N4O3/c1-20-13-4-2-3-12(11(13)8-17-20)19-16(21)18-10-5-6-14-15(7-10)23-9-22-14/h5-8,12H,2-4,9H2,1H3,(H2,18,19,21)/t12-/m1/s1. The van der Waals surface area contributed by atoms with Crippen LogP contribution in [0.2, 0.25) is 0 Å². The van der Waals surface area contributed by atoms with Crippen LogP contribution in [0.1, 0.15) is 30.1 Å². The molecule has 4 rings (SSSR count). The smallest absolute Gasteiger partial charge is 0.319 e. The lowest BCUT2D eigenvalue weighted by Gasteiger charge is -2.24. The molecule has 2 aliphatic rings. The number of amides is 2. The Bertz CT molecular complexity index is 756. The Labute approximate surface area is 133 Å². The van der Waals surface area contributed by atoms with Gasteiger partial charge < -0.3 is 20.1 Å². The minimum absolute atomic E-state index is 0.00135. The molecule has 1 aliphatic heterocycles. The first-order chi connectivity index (χ1) is 11.2. The van der Waals surface area contributed by atoms with E-state index in [1.54, 1.807) is 18.2 Å². The van der Waals surface area contributed by atoms with E-state index in [1.807, 2.05) is 17.9 Å². The molecular formula is C16H18N4O3. The van der Waals surface area contributed by atoms with Crippen molar-refractivity contribution < 1.29 is 14.3 Å². The van der Waals surface area contributed by atoms with Gasteiger partial charge in [-0.25, -0.2) is 4.79 Å². The third-order valence-corrected chi connectivity index (χ3v) is 4.31. The van der Waals surface area contributed by atoms with Crippen molar-refractivity contribution in [2.75, 3.05) is 12.1 Å². The number of nitrogens with one attached hydrogen (secondary N) is 2. The average Bonchev–Trinajstić information content (AvgIpc) is 3.14. The normalized spacial score (nSPS) is 18.4. The lowest BCUT2D eigenvalue weighted by molar-refractivity contribution is 0.174. The monoisotopic (exact) mass is 314 g/mol. The molecule has 1 aromatic carbocycles. The molecule has 0 radical (unpaired) electrons. The van der Waals surface area contributed by atoms with Gasteiger partial charge >= 0.3 is 6.03 Å². The number of aryl methyl sites for hydroxylation is 1. The summed E-state index contributed by atoms with van der Waals surface area (Å²) in [7, 11) is 1.94. The number of urea groups is 1. The summed E-state index contributed by atoms with van der Waals surface area (Å²) in [4.78, 5) is 12.3. The number of nitrogens with zero attached hydrogens (tertiary/aromatic N) is 2. The number of aromatic nitrogens is 2. The summed E-state index contributed by atoms with van der Waals surface area (Å²) in [6.45, 7) is 0.219. The summed E-state index contributed by atoms with van der Waals surface area (Å²) in [5.74, 6) is 1.35. The zero-order valence-electron chi connectivity index (χ0n) is 12.8. The number of benzene rings is 1. The fourth-order valence-electron chi connectivity index (χ4n) is 3.16. The molecule has 0 fully saturated rings. The van der Waals surface area contributed by atoms with Crippen LogP contribution in [0.25, 0.3) is 0 Å². The molecule has 7 heteroatoms. The Balaban J connectivity index is 1.45. The van der Waals surface area contributed by atoms with Crippen LogP contribution in [0.3, 0.4) is 0 Å². The molecule has 1 aliphatic carbocycles. The maximum atomic E-state index is 12.3. The quantitative estimate of drug-likeness (QED) is 0.892. The number of hydrogen-bond acceptors (Lipinski definition) is 4. The first-order valence-electron chi connectivity index (χ1n) is 7.68. The van der Waals surface area contributed by atoms with E-state index in [9.17, 15) is 4.79 Å². The first-order valence-corrected chi connectivity index (χ1v) is 7.68. The van der Waals surface area contributed by atoms with Crippen molar-refractivity contribution >= 4 is 11.7 Å². The highest BCUT2D eigenvalue weighted by Crippen LogP contribution is 2.34. The van der Waals surface area contributed by atoms with Gasteiger partial charge in [-0.2, -0.15) is 5.10 Å². The van der Waals surface area contributed by atoms with Crippen molar-refractivity contribution in [1.82, 2.24) is 15.1 Å². The zero-order chi connectivity index (χ0) is 15.8. The summed E-state index contributed by atoms with van der Waals surface area (Å²) >= 11 is 0. The Morgan fingerprint density at radius 1 is 1.35 bits per heavy atom. The van der Waals surface area contributed by atoms with Gasteiger partial charge in [0, 0.05) is 30.1 Å². The second kappa shape index (κ2) is 5.49. The fourth-order valence-corrected chi connectivity index (χ4v) is 3.16. The highest BCUT2D eigenvalue weighted by Gasteiger charge is 2.25. The summed E-state index contributed by atoms with van der Waals surface area (Å²) in [5, 5.41) is 10.2. The number of carbonyl (C=O) groups excluding carboxylic acids is 1. The number of fused-ring (bicyclic) bond motifs is 2. The molecule has 2 amide bonds. The van der Waals surface area contributed by atoms with Gasteiger partial charge in [0.05, 0.1) is 12.2 Å². The van der Waals surface area contributed by atoms with Crippen molar-refractivity contribution in [2.24, 2.45) is 7.05 Å². The van der Waals surface area contributed by atoms with Crippen LogP contribution in [0, 0.1) is 0 Å². The number of ether oxygens (including phenoxy) is 2. The van der Waals surface area contributed by atoms with Gasteiger partial charge in [-0.05, 0) is 31.4 Å². The molecule has 2 aromatic rings. The minimum atomic E-state index is -0.231. The predicted octanol–water partition coefficient (Wildman–Crippen LogP) is 2.35. The van der Waals surface area contributed by atoms with E-state index in [4.69, 9.17) is 9.47 Å². The largest absolute Gasteiger partial charge is 0.454 e. The molecule has 1 aromatic heterocycles. The van der Waals surface area contributed by atoms with Crippen LogP contribution in [0.5, 0.6) is 11.5 Å². The van der Waals surface area contributed by atoms with Crippen molar-refractivity contribution in [1.29, 1.82) is 0 Å². The predicted molar refractivity (Wildman–Crippen MR) is 83.6 cm³/mol. The van der Waals surface area contributed by atoms with Crippen LogP contribution in [0.15, 0.2) is 24.4 Å². The van der Waals surface area contributed by atoms with Gasteiger partial charge in [-0.1, -0.05) is 0 Å². The SMILES string of the molecule is Cn1ncc2c1CCC[C@H]2NC(=O)Nc1ccc2c(c1)OCO2. The third-order valence-electron chi connectivity index (χ3n) is 4.31. The lowest BCUT2D eigenvalue weighted by atomic mass is 9.93. The van der Waals surface area contributed by atoms with Crippen molar-refractivity contribution in [2.45, 2.75) is 25.3 Å². The molecule has 0 saturated heterocycles. The first kappa shape index (κ1) is 13.9. The molecule has 1 atom stereocenters. The van der Waals surface area contributed by atoms with Crippen LogP contribution < -0.4 is 20.1 Å². The molecule has 2 N–H and O–H groups in total. The topological polar surface area (TPSA) is 77.4 Å². The third kappa shape index (κ3) is 2.58. The average molecular weight is 314 g/mol. The van der Waals surface area contributed by atoms with Crippen molar-refractivity contribution in [3.8, 4) is 11.5 Å². The van der Waals surface area contributed by atoms with Crippen LogP contribution in [-0.2, 0) is 13.5 Å². The summed E-state index contributed by atoms with van der Waals surface area (Å²) in [6, 6.07) is 5.12. The fraction of sp³-hybridized carbons (Fsp3) is 0.375. The van der Waals surface area contributed by atoms with Gasteiger partial charge in [-0.15, -0.1) is 0 Å². The molecular weight excluding hydrogens is 296 g/mol. The van der Waals surface area contributed by atoms with E-state index in [0.717, 1.165) is 24.8 Å². The van der Waals surface area contributed by atoms with Crippen molar-refractivity contribution in [3.05, 3.63) is 35.7 Å². The number of carbonyl (C=O) groups is 1. The molecule has 120 valence electrons. The van der Waals surface area contributed by atoms with Crippen LogP contribution in [-0.4, -0.2) is 22.6 Å². The van der Waals surface area contributed by atoms with Gasteiger partial charge in [0.25, 0.3) is 0 Å². The van der Waals surface area contributed by atoms with Gasteiger partial charge in [0.15, 0.2) is 11.5 Å². The highest BCUT2D eigenvalue weighted by molar-refractivity contribution is 5.90. The maximum Gasteiger partial charge on any atom is 0.319 e. The van der Waals surface area contributed by atoms with E-state index in [-0.39, 0.29) is 18.9 Å². The van der Waals surface area contributed by atoms with Crippen LogP contribution >= 0.6 is 0 Å². The van der Waals surface area contributed by atoms with E-state index in [0.29, 0.717) is 17.2 Å². The highest BCUT2D eigenvalue weighted by atomic mass is 16.7. The molecule has 0 spiro atoms. The molecule has 0 saturated carbocycles. The number of hydrogen-bond donors (Lipinski definition) is 2. The minimum Gasteiger partial charge on any atom is -0.454 e. The van der Waals surface area contributed by atoms with Gasteiger partial charge in [-0.3, -0.25) is 4.68 Å². The lowest BCUT2D eigenvalue weighted by Crippen LogP contribution is -2.34. The summed E-state index contributed by atoms with van der Waals surface area (Å²) in [5.41, 5.74) is 2.98. The molecule has 23 heavy (non-hydrogen) atoms. The van der Waals surface area contributed by atoms with Crippen molar-refractivity contribution in [3.63, 3.8) is 0 Å². The number of rotatable bonds is 2. The molecule has 2 heterocycles. The second-order valence-corrected chi connectivity index (χ2v) is 5.78. The zero-order valence-corrected chi connectivity index (χ0v) is 12.8. The second-order valence-electron chi connectivity index (χ2n) is 5.78. The molecule has 7 nitrogen and oxygen atoms in total. The van der Waals surface area contributed by atoms with Gasteiger partial charge in [0.1, 0.15) is 0 Å². The Morgan fingerprint density at radius 3 is 3.13 bits per heavy atom. The maximum absolute atomic E-state index is 12.3. The summed E-state index contributed by atoms with van der Waals surface area (Å²) < 4.78 is 12.5. The van der Waals surface area contributed by atoms with E-state index in [1.165, 1.54) is 5.69 Å². The molecule has 0 bridgehead atoms. The van der Waals surface area contributed by atoms with E-state index < -0.39 is 0 Å². The van der Waals surface area contributed by atoms with Gasteiger partial charge in [0.2, 0.25) is 6.79 Å². The summed E-state index contributed by atoms with van der Waals surface area (Å²) in [6.07, 6.45) is 4.82.